The average molecular weight is 262 g/mol. The fraction of sp³-hybridized carbons (Fsp3) is 0.533. The molecule has 0 amide bonds. The van der Waals surface area contributed by atoms with E-state index in [2.05, 4.69) is 18.3 Å². The number of nitrogens with zero attached hydrogens (tertiary/aromatic N) is 1. The van der Waals surface area contributed by atoms with Gasteiger partial charge in [0.15, 0.2) is 11.5 Å². The molecule has 1 aromatic rings. The van der Waals surface area contributed by atoms with E-state index in [4.69, 9.17) is 14.7 Å². The predicted molar refractivity (Wildman–Crippen MR) is 75.4 cm³/mol. The molecule has 0 fully saturated rings. The summed E-state index contributed by atoms with van der Waals surface area (Å²) in [6.45, 7) is 6.02. The number of rotatable bonds is 9. The Hall–Kier alpha value is -1.73. The van der Waals surface area contributed by atoms with E-state index in [1.165, 1.54) is 0 Å². The van der Waals surface area contributed by atoms with Crippen molar-refractivity contribution in [1.29, 1.82) is 5.26 Å². The number of benzene rings is 1. The Morgan fingerprint density at radius 2 is 1.79 bits per heavy atom. The molecule has 1 N–H and O–H groups in total. The molecule has 19 heavy (non-hydrogen) atoms. The molecule has 0 radical (unpaired) electrons. The van der Waals surface area contributed by atoms with E-state index in [0.717, 1.165) is 24.5 Å². The van der Waals surface area contributed by atoms with Crippen molar-refractivity contribution in [2.45, 2.75) is 32.7 Å². The van der Waals surface area contributed by atoms with Crippen LogP contribution in [0.2, 0.25) is 0 Å². The third kappa shape index (κ3) is 5.62. The molecule has 104 valence electrons. The minimum Gasteiger partial charge on any atom is -0.490 e. The van der Waals surface area contributed by atoms with Crippen molar-refractivity contribution in [3.63, 3.8) is 0 Å². The number of ether oxygens (including phenoxy) is 2. The summed E-state index contributed by atoms with van der Waals surface area (Å²) in [7, 11) is 0. The van der Waals surface area contributed by atoms with Crippen molar-refractivity contribution in [3.05, 3.63) is 24.3 Å². The maximum atomic E-state index is 8.93. The molecular weight excluding hydrogens is 240 g/mol. The molecule has 0 heterocycles. The van der Waals surface area contributed by atoms with Crippen LogP contribution in [-0.4, -0.2) is 25.8 Å². The van der Waals surface area contributed by atoms with Gasteiger partial charge in [-0.25, -0.2) is 0 Å². The lowest BCUT2D eigenvalue weighted by atomic mass is 10.2. The SMILES string of the molecule is CCCOc1ccccc1OCCC(C#N)NCC. The molecule has 4 nitrogen and oxygen atoms in total. The van der Waals surface area contributed by atoms with Crippen LogP contribution in [0.3, 0.4) is 0 Å². The number of nitrogens with one attached hydrogen (secondary N) is 1. The third-order valence-corrected chi connectivity index (χ3v) is 2.58. The van der Waals surface area contributed by atoms with Crippen molar-refractivity contribution < 1.29 is 9.47 Å². The summed E-state index contributed by atoms with van der Waals surface area (Å²) >= 11 is 0. The first-order valence-electron chi connectivity index (χ1n) is 6.79. The smallest absolute Gasteiger partial charge is 0.161 e. The van der Waals surface area contributed by atoms with Gasteiger partial charge in [0, 0.05) is 6.42 Å². The summed E-state index contributed by atoms with van der Waals surface area (Å²) < 4.78 is 11.3. The van der Waals surface area contributed by atoms with Crippen LogP contribution in [0.5, 0.6) is 11.5 Å². The van der Waals surface area contributed by atoms with E-state index in [9.17, 15) is 0 Å². The third-order valence-electron chi connectivity index (χ3n) is 2.58. The van der Waals surface area contributed by atoms with Crippen molar-refractivity contribution >= 4 is 0 Å². The molecule has 4 heteroatoms. The Morgan fingerprint density at radius 3 is 2.32 bits per heavy atom. The van der Waals surface area contributed by atoms with Crippen molar-refractivity contribution in [2.75, 3.05) is 19.8 Å². The first-order chi connectivity index (χ1) is 9.31. The first kappa shape index (κ1) is 15.3. The summed E-state index contributed by atoms with van der Waals surface area (Å²) in [5.74, 6) is 1.51. The first-order valence-corrected chi connectivity index (χ1v) is 6.79. The zero-order chi connectivity index (χ0) is 13.9. The Balaban J connectivity index is 2.46. The summed E-state index contributed by atoms with van der Waals surface area (Å²) in [5, 5.41) is 12.0. The Kier molecular flexibility index (Phi) is 7.45. The lowest BCUT2D eigenvalue weighted by molar-refractivity contribution is 0.260. The minimum atomic E-state index is -0.159. The topological polar surface area (TPSA) is 54.3 Å². The lowest BCUT2D eigenvalue weighted by Gasteiger charge is -2.14. The van der Waals surface area contributed by atoms with Crippen molar-refractivity contribution in [3.8, 4) is 17.6 Å². The molecular formula is C15H22N2O2. The number of hydrogen-bond donors (Lipinski definition) is 1. The fourth-order valence-electron chi connectivity index (χ4n) is 1.65. The van der Waals surface area contributed by atoms with Gasteiger partial charge in [0.25, 0.3) is 0 Å². The Morgan fingerprint density at radius 1 is 1.16 bits per heavy atom. The standard InChI is InChI=1S/C15H22N2O2/c1-3-10-18-14-7-5-6-8-15(14)19-11-9-13(12-16)17-4-2/h5-8,13,17H,3-4,9-11H2,1-2H3. The molecule has 0 aromatic heterocycles. The van der Waals surface area contributed by atoms with Crippen LogP contribution >= 0.6 is 0 Å². The number of para-hydroxylation sites is 2. The number of hydrogen-bond acceptors (Lipinski definition) is 4. The van der Waals surface area contributed by atoms with Gasteiger partial charge in [-0.1, -0.05) is 26.0 Å². The molecule has 0 spiro atoms. The zero-order valence-electron chi connectivity index (χ0n) is 11.7. The summed E-state index contributed by atoms with van der Waals surface area (Å²) in [6, 6.07) is 9.69. The van der Waals surface area contributed by atoms with Crippen LogP contribution in [0.25, 0.3) is 0 Å². The molecule has 1 atom stereocenters. The average Bonchev–Trinajstić information content (AvgIpc) is 2.45. The summed E-state index contributed by atoms with van der Waals surface area (Å²) in [6.07, 6.45) is 1.62. The molecule has 1 aromatic carbocycles. The molecule has 0 saturated heterocycles. The molecule has 0 aliphatic carbocycles. The van der Waals surface area contributed by atoms with Crippen LogP contribution in [0, 0.1) is 11.3 Å². The van der Waals surface area contributed by atoms with Crippen molar-refractivity contribution in [2.24, 2.45) is 0 Å². The molecule has 1 unspecified atom stereocenters. The van der Waals surface area contributed by atoms with Gasteiger partial charge in [0.2, 0.25) is 0 Å². The van der Waals surface area contributed by atoms with E-state index in [-0.39, 0.29) is 6.04 Å². The largest absolute Gasteiger partial charge is 0.490 e. The molecule has 0 aliphatic heterocycles. The van der Waals surface area contributed by atoms with Gasteiger partial charge >= 0.3 is 0 Å². The van der Waals surface area contributed by atoms with Gasteiger partial charge in [-0.15, -0.1) is 0 Å². The maximum absolute atomic E-state index is 8.93. The second-order valence-corrected chi connectivity index (χ2v) is 4.17. The highest BCUT2D eigenvalue weighted by Gasteiger charge is 2.07. The summed E-state index contributed by atoms with van der Waals surface area (Å²) in [4.78, 5) is 0. The highest BCUT2D eigenvalue weighted by Crippen LogP contribution is 2.26. The Bertz CT molecular complexity index is 401. The normalized spacial score (nSPS) is 11.6. The van der Waals surface area contributed by atoms with Crippen LogP contribution < -0.4 is 14.8 Å². The Labute approximate surface area is 115 Å². The van der Waals surface area contributed by atoms with Gasteiger partial charge < -0.3 is 14.8 Å². The van der Waals surface area contributed by atoms with E-state index in [0.29, 0.717) is 19.6 Å². The van der Waals surface area contributed by atoms with Gasteiger partial charge in [-0.2, -0.15) is 5.26 Å². The minimum absolute atomic E-state index is 0.159. The number of nitriles is 1. The maximum Gasteiger partial charge on any atom is 0.161 e. The van der Waals surface area contributed by atoms with E-state index in [1.54, 1.807) is 0 Å². The van der Waals surface area contributed by atoms with Crippen molar-refractivity contribution in [1.82, 2.24) is 5.32 Å². The molecule has 0 saturated carbocycles. The van der Waals surface area contributed by atoms with Gasteiger partial charge in [0.1, 0.15) is 0 Å². The fourth-order valence-corrected chi connectivity index (χ4v) is 1.65. The van der Waals surface area contributed by atoms with Crippen LogP contribution in [-0.2, 0) is 0 Å². The molecule has 1 rings (SSSR count). The second-order valence-electron chi connectivity index (χ2n) is 4.17. The van der Waals surface area contributed by atoms with Gasteiger partial charge in [-0.05, 0) is 25.1 Å². The van der Waals surface area contributed by atoms with E-state index < -0.39 is 0 Å². The second kappa shape index (κ2) is 9.23. The van der Waals surface area contributed by atoms with E-state index in [1.807, 2.05) is 31.2 Å². The monoisotopic (exact) mass is 262 g/mol. The van der Waals surface area contributed by atoms with Gasteiger partial charge in [0.05, 0.1) is 25.3 Å². The summed E-state index contributed by atoms with van der Waals surface area (Å²) in [5.41, 5.74) is 0. The van der Waals surface area contributed by atoms with Crippen LogP contribution in [0.15, 0.2) is 24.3 Å². The van der Waals surface area contributed by atoms with Gasteiger partial charge in [-0.3, -0.25) is 0 Å². The molecule has 0 bridgehead atoms. The van der Waals surface area contributed by atoms with Crippen LogP contribution in [0.4, 0.5) is 0 Å². The lowest BCUT2D eigenvalue weighted by Crippen LogP contribution is -2.28. The van der Waals surface area contributed by atoms with Crippen LogP contribution in [0.1, 0.15) is 26.7 Å². The molecule has 0 aliphatic rings. The van der Waals surface area contributed by atoms with E-state index >= 15 is 0 Å². The highest BCUT2D eigenvalue weighted by molar-refractivity contribution is 5.39. The highest BCUT2D eigenvalue weighted by atomic mass is 16.5. The quantitative estimate of drug-likeness (QED) is 0.743. The zero-order valence-corrected chi connectivity index (χ0v) is 11.7. The predicted octanol–water partition coefficient (Wildman–Crippen LogP) is 2.75.